The first-order valence-electron chi connectivity index (χ1n) is 10.6. The Morgan fingerprint density at radius 2 is 1.86 bits per heavy atom. The first-order valence-corrected chi connectivity index (χ1v) is 10.6. The maximum absolute atomic E-state index is 5.60. The Labute approximate surface area is 187 Å². The van der Waals surface area contributed by atoms with E-state index < -0.39 is 0 Å². The molecule has 0 N–H and O–H groups in total. The molecule has 1 aliphatic carbocycles. The van der Waals surface area contributed by atoms with Crippen molar-refractivity contribution in [3.8, 4) is 5.75 Å². The topological polar surface area (TPSA) is 12.5 Å². The Kier molecular flexibility index (Phi) is 10.3. The zero-order valence-electron chi connectivity index (χ0n) is 17.7. The SMILES string of the molecule is CCCN(CCc1ccc[cH-]1)C1CCc2cccc(OC)c2C1.[Fe+2].c1cc[cH-]c1. The van der Waals surface area contributed by atoms with E-state index in [2.05, 4.69) is 54.3 Å². The molecule has 29 heavy (non-hydrogen) atoms. The van der Waals surface area contributed by atoms with Crippen LogP contribution in [0, 0.1) is 0 Å². The number of methoxy groups -OCH3 is 1. The predicted molar refractivity (Wildman–Crippen MR) is 118 cm³/mol. The van der Waals surface area contributed by atoms with Crippen LogP contribution in [0.5, 0.6) is 5.75 Å². The van der Waals surface area contributed by atoms with Gasteiger partial charge in [-0.3, -0.25) is 4.90 Å². The van der Waals surface area contributed by atoms with Gasteiger partial charge in [0.15, 0.2) is 0 Å². The average Bonchev–Trinajstić information content (AvgIpc) is 3.47. The minimum atomic E-state index is 0. The molecule has 1 atom stereocenters. The molecule has 0 aliphatic heterocycles. The second-order valence-electron chi connectivity index (χ2n) is 7.54. The Morgan fingerprint density at radius 3 is 2.48 bits per heavy atom. The van der Waals surface area contributed by atoms with Crippen LogP contribution in [0.2, 0.25) is 0 Å². The van der Waals surface area contributed by atoms with Gasteiger partial charge in [-0.2, -0.15) is 35.9 Å². The summed E-state index contributed by atoms with van der Waals surface area (Å²) in [7, 11) is 1.79. The van der Waals surface area contributed by atoms with E-state index in [0.717, 1.165) is 25.1 Å². The Hall–Kier alpha value is -1.80. The number of nitrogens with zero attached hydrogens (tertiary/aromatic N) is 1. The second kappa shape index (κ2) is 12.7. The van der Waals surface area contributed by atoms with E-state index >= 15 is 0 Å². The largest absolute Gasteiger partial charge is 2.00 e. The number of hydrogen-bond acceptors (Lipinski definition) is 2. The summed E-state index contributed by atoms with van der Waals surface area (Å²) in [6.45, 7) is 4.63. The third-order valence-corrected chi connectivity index (χ3v) is 5.64. The Bertz CT molecular complexity index is 748. The second-order valence-corrected chi connectivity index (χ2v) is 7.54. The van der Waals surface area contributed by atoms with Crippen LogP contribution in [-0.2, 0) is 36.3 Å². The zero-order chi connectivity index (χ0) is 19.6. The Morgan fingerprint density at radius 1 is 1.03 bits per heavy atom. The molecule has 2 nitrogen and oxygen atoms in total. The normalized spacial score (nSPS) is 15.1. The van der Waals surface area contributed by atoms with E-state index in [1.165, 1.54) is 42.5 Å². The third-order valence-electron chi connectivity index (χ3n) is 5.64. The summed E-state index contributed by atoms with van der Waals surface area (Å²) in [6, 6.07) is 25.9. The molecule has 4 rings (SSSR count). The minimum Gasteiger partial charge on any atom is -0.496 e. The van der Waals surface area contributed by atoms with Crippen molar-refractivity contribution < 1.29 is 21.8 Å². The van der Waals surface area contributed by atoms with E-state index in [1.54, 1.807) is 7.11 Å². The molecular formula is C26H33FeNO. The molecule has 3 aromatic carbocycles. The molecule has 0 saturated carbocycles. The van der Waals surface area contributed by atoms with Crippen LogP contribution in [0.25, 0.3) is 0 Å². The van der Waals surface area contributed by atoms with Gasteiger partial charge >= 0.3 is 17.1 Å². The van der Waals surface area contributed by atoms with Crippen LogP contribution < -0.4 is 4.74 Å². The fourth-order valence-corrected chi connectivity index (χ4v) is 4.18. The molecule has 1 aliphatic rings. The van der Waals surface area contributed by atoms with Crippen molar-refractivity contribution in [1.82, 2.24) is 4.90 Å². The minimum absolute atomic E-state index is 0. The Balaban J connectivity index is 0.000000437. The smallest absolute Gasteiger partial charge is 0.496 e. The first kappa shape index (κ1) is 23.5. The summed E-state index contributed by atoms with van der Waals surface area (Å²) in [5, 5.41) is 0. The molecular weight excluding hydrogens is 398 g/mol. The van der Waals surface area contributed by atoms with Crippen molar-refractivity contribution in [1.29, 1.82) is 0 Å². The molecule has 0 amide bonds. The van der Waals surface area contributed by atoms with Gasteiger partial charge in [-0.1, -0.05) is 19.1 Å². The fraction of sp³-hybridized carbons (Fsp3) is 0.385. The molecule has 0 fully saturated rings. The molecule has 3 heteroatoms. The van der Waals surface area contributed by atoms with Crippen molar-refractivity contribution in [3.05, 3.63) is 89.5 Å². The fourth-order valence-electron chi connectivity index (χ4n) is 4.18. The molecule has 0 bridgehead atoms. The average molecular weight is 431 g/mol. The van der Waals surface area contributed by atoms with E-state index in [1.807, 2.05) is 30.3 Å². The standard InChI is InChI=1S/C21H28NO.C5H5.Fe/c1-3-14-22(15-13-17-7-4-5-8-17)19-12-11-18-9-6-10-21(23-2)20(18)16-19;1-2-4-5-3-1;/h4-10,19H,3,11-16H2,1-2H3;1-5H;/q2*-1;+2. The molecule has 1 unspecified atom stereocenters. The van der Waals surface area contributed by atoms with Gasteiger partial charge in [-0.15, -0.1) is 0 Å². The van der Waals surface area contributed by atoms with Crippen molar-refractivity contribution >= 4 is 0 Å². The van der Waals surface area contributed by atoms with Crippen molar-refractivity contribution in [2.24, 2.45) is 0 Å². The van der Waals surface area contributed by atoms with Crippen LogP contribution in [0.3, 0.4) is 0 Å². The van der Waals surface area contributed by atoms with E-state index in [0.29, 0.717) is 6.04 Å². The van der Waals surface area contributed by atoms with Crippen molar-refractivity contribution in [2.45, 2.75) is 45.1 Å². The van der Waals surface area contributed by atoms with Gasteiger partial charge in [0.1, 0.15) is 5.75 Å². The number of aryl methyl sites for hydroxylation is 1. The summed E-state index contributed by atoms with van der Waals surface area (Å²) in [5.41, 5.74) is 4.37. The van der Waals surface area contributed by atoms with Crippen molar-refractivity contribution in [3.63, 3.8) is 0 Å². The quantitative estimate of drug-likeness (QED) is 0.355. The first-order chi connectivity index (χ1) is 13.8. The zero-order valence-corrected chi connectivity index (χ0v) is 18.8. The van der Waals surface area contributed by atoms with Gasteiger partial charge in [-0.05, 0) is 55.8 Å². The maximum atomic E-state index is 5.60. The summed E-state index contributed by atoms with van der Waals surface area (Å²) >= 11 is 0. The molecule has 0 aromatic heterocycles. The maximum Gasteiger partial charge on any atom is 2.00 e. The van der Waals surface area contributed by atoms with Crippen molar-refractivity contribution in [2.75, 3.05) is 20.2 Å². The van der Waals surface area contributed by atoms with Gasteiger partial charge in [-0.25, -0.2) is 24.3 Å². The number of hydrogen-bond donors (Lipinski definition) is 0. The summed E-state index contributed by atoms with van der Waals surface area (Å²) in [4.78, 5) is 2.70. The summed E-state index contributed by atoms with van der Waals surface area (Å²) in [6.07, 6.45) is 5.94. The molecule has 0 radical (unpaired) electrons. The molecule has 0 spiro atoms. The van der Waals surface area contributed by atoms with Gasteiger partial charge in [0.25, 0.3) is 0 Å². The molecule has 3 aromatic rings. The van der Waals surface area contributed by atoms with Gasteiger partial charge in [0.05, 0.1) is 7.11 Å². The van der Waals surface area contributed by atoms with E-state index in [-0.39, 0.29) is 17.1 Å². The molecule has 0 saturated heterocycles. The van der Waals surface area contributed by atoms with Crippen LogP contribution in [0.15, 0.2) is 72.8 Å². The van der Waals surface area contributed by atoms with Crippen LogP contribution in [0.1, 0.15) is 36.5 Å². The summed E-state index contributed by atoms with van der Waals surface area (Å²) in [5.74, 6) is 1.07. The van der Waals surface area contributed by atoms with E-state index in [4.69, 9.17) is 4.74 Å². The number of fused-ring (bicyclic) bond motifs is 1. The molecule has 156 valence electrons. The van der Waals surface area contributed by atoms with Crippen LogP contribution >= 0.6 is 0 Å². The summed E-state index contributed by atoms with van der Waals surface area (Å²) < 4.78 is 5.60. The van der Waals surface area contributed by atoms with Gasteiger partial charge < -0.3 is 4.74 Å². The van der Waals surface area contributed by atoms with Crippen LogP contribution in [-0.4, -0.2) is 31.1 Å². The number of ether oxygens (including phenoxy) is 1. The monoisotopic (exact) mass is 431 g/mol. The number of rotatable bonds is 7. The van der Waals surface area contributed by atoms with Crippen LogP contribution in [0.4, 0.5) is 0 Å². The number of benzene rings is 1. The van der Waals surface area contributed by atoms with E-state index in [9.17, 15) is 0 Å². The van der Waals surface area contributed by atoms with Gasteiger partial charge in [0, 0.05) is 12.6 Å². The third kappa shape index (κ3) is 6.89. The molecule has 0 heterocycles. The van der Waals surface area contributed by atoms with Gasteiger partial charge in [0.2, 0.25) is 0 Å². The predicted octanol–water partition coefficient (Wildman–Crippen LogP) is 5.63.